The number of nitrogens with zero attached hydrogens (tertiary/aromatic N) is 2. The van der Waals surface area contributed by atoms with E-state index in [1.54, 1.807) is 6.07 Å². The number of aliphatic carboxylic acids is 1. The van der Waals surface area contributed by atoms with Crippen LogP contribution in [0, 0.1) is 5.92 Å². The van der Waals surface area contributed by atoms with Crippen molar-refractivity contribution in [3.63, 3.8) is 0 Å². The van der Waals surface area contributed by atoms with Crippen molar-refractivity contribution in [2.75, 3.05) is 33.4 Å². The summed E-state index contributed by atoms with van der Waals surface area (Å²) in [7, 11) is 2.10. The number of aromatic amines is 1. The van der Waals surface area contributed by atoms with Gasteiger partial charge in [-0.25, -0.2) is 9.59 Å². The fraction of sp³-hybridized carbons (Fsp3) is 0.476. The number of alkyl halides is 3. The summed E-state index contributed by atoms with van der Waals surface area (Å²) >= 11 is 0. The number of aromatic nitrogens is 2. The van der Waals surface area contributed by atoms with Gasteiger partial charge in [0.2, 0.25) is 0 Å². The van der Waals surface area contributed by atoms with Crippen LogP contribution in [0.4, 0.5) is 13.2 Å². The first-order valence-electron chi connectivity index (χ1n) is 10.2. The van der Waals surface area contributed by atoms with E-state index in [4.69, 9.17) is 24.1 Å². The molecule has 0 radical (unpaired) electrons. The first kappa shape index (κ1) is 24.4. The number of hydrogen-bond donors (Lipinski definition) is 2. The van der Waals surface area contributed by atoms with Crippen LogP contribution in [-0.4, -0.2) is 77.8 Å². The Hall–Kier alpha value is -3.28. The fourth-order valence-corrected chi connectivity index (χ4v) is 3.43. The largest absolute Gasteiger partial charge is 0.490 e. The van der Waals surface area contributed by atoms with Crippen molar-refractivity contribution in [3.8, 4) is 22.8 Å². The summed E-state index contributed by atoms with van der Waals surface area (Å²) in [6.45, 7) is 4.73. The average molecular weight is 471 g/mol. The van der Waals surface area contributed by atoms with Gasteiger partial charge in [-0.05, 0) is 51.2 Å². The van der Waals surface area contributed by atoms with Crippen molar-refractivity contribution in [1.82, 2.24) is 15.1 Å². The number of benzene rings is 1. The predicted molar refractivity (Wildman–Crippen MR) is 109 cm³/mol. The smallest absolute Gasteiger partial charge is 0.486 e. The molecule has 1 aromatic carbocycles. The molecule has 2 aliphatic rings. The number of likely N-dealkylation sites (tertiary alicyclic amines) is 1. The highest BCUT2D eigenvalue weighted by Crippen LogP contribution is 2.34. The number of rotatable bonds is 4. The molecule has 1 aromatic heterocycles. The number of ether oxygens (including phenoxy) is 3. The molecule has 0 bridgehead atoms. The molecule has 3 heterocycles. The molecule has 12 heteroatoms. The molecule has 1 saturated heterocycles. The number of esters is 1. The number of nitrogens with one attached hydrogen (secondary N) is 1. The van der Waals surface area contributed by atoms with Crippen molar-refractivity contribution in [3.05, 3.63) is 30.0 Å². The molecule has 180 valence electrons. The standard InChI is InChI=1S/C19H23N3O4.C2HF3O2/c1-12-14(5-6-22(12)2)11-26-19(23)16-10-15(20-21-16)13-3-4-17-18(9-13)25-8-7-24-17;3-2(4,5)1(6)7/h3-4,9-10,12,14H,5-8,11H2,1-2H3,(H,20,21);(H,6,7)/t12-,14+;/m1./s1. The zero-order chi connectivity index (χ0) is 24.2. The lowest BCUT2D eigenvalue weighted by Crippen LogP contribution is -2.28. The van der Waals surface area contributed by atoms with Crippen LogP contribution in [0.2, 0.25) is 0 Å². The number of carboxylic acid groups (broad SMARTS) is 1. The van der Waals surface area contributed by atoms with E-state index in [2.05, 4.69) is 29.1 Å². The average Bonchev–Trinajstić information content (AvgIpc) is 3.39. The summed E-state index contributed by atoms with van der Waals surface area (Å²) in [5.41, 5.74) is 1.88. The molecule has 4 rings (SSSR count). The van der Waals surface area contributed by atoms with Crippen molar-refractivity contribution < 1.29 is 42.1 Å². The second-order valence-electron chi connectivity index (χ2n) is 7.70. The van der Waals surface area contributed by atoms with Gasteiger partial charge in [-0.3, -0.25) is 5.10 Å². The minimum atomic E-state index is -5.08. The van der Waals surface area contributed by atoms with Crippen molar-refractivity contribution in [1.29, 1.82) is 0 Å². The van der Waals surface area contributed by atoms with Crippen molar-refractivity contribution in [2.45, 2.75) is 25.6 Å². The highest BCUT2D eigenvalue weighted by Gasteiger charge is 2.38. The Labute approximate surface area is 187 Å². The van der Waals surface area contributed by atoms with Crippen molar-refractivity contribution >= 4 is 11.9 Å². The van der Waals surface area contributed by atoms with E-state index in [1.165, 1.54) is 0 Å². The topological polar surface area (TPSA) is 114 Å². The van der Waals surface area contributed by atoms with Crippen LogP contribution in [0.1, 0.15) is 23.8 Å². The van der Waals surface area contributed by atoms with Gasteiger partial charge in [0.25, 0.3) is 0 Å². The van der Waals surface area contributed by atoms with E-state index in [9.17, 15) is 18.0 Å². The number of carbonyl (C=O) groups excluding carboxylic acids is 1. The molecule has 0 amide bonds. The predicted octanol–water partition coefficient (Wildman–Crippen LogP) is 2.98. The lowest BCUT2D eigenvalue weighted by atomic mass is 10.0. The van der Waals surface area contributed by atoms with Crippen LogP contribution >= 0.6 is 0 Å². The summed E-state index contributed by atoms with van der Waals surface area (Å²) in [6.07, 6.45) is -4.03. The summed E-state index contributed by atoms with van der Waals surface area (Å²) in [5, 5.41) is 14.1. The third-order valence-corrected chi connectivity index (χ3v) is 5.54. The second kappa shape index (κ2) is 10.1. The summed E-state index contributed by atoms with van der Waals surface area (Å²) in [5.74, 6) is -1.33. The highest BCUT2D eigenvalue weighted by molar-refractivity contribution is 5.88. The van der Waals surface area contributed by atoms with Gasteiger partial charge in [-0.2, -0.15) is 18.3 Å². The first-order valence-corrected chi connectivity index (χ1v) is 10.2. The quantitative estimate of drug-likeness (QED) is 0.655. The number of carbonyl (C=O) groups is 2. The molecule has 2 atom stereocenters. The van der Waals surface area contributed by atoms with Crippen LogP contribution in [0.15, 0.2) is 24.3 Å². The minimum absolute atomic E-state index is 0.355. The van der Waals surface area contributed by atoms with Crippen LogP contribution in [0.5, 0.6) is 11.5 Å². The lowest BCUT2D eigenvalue weighted by molar-refractivity contribution is -0.192. The Morgan fingerprint density at radius 1 is 1.24 bits per heavy atom. The molecule has 9 nitrogen and oxygen atoms in total. The normalized spacial score (nSPS) is 20.0. The van der Waals surface area contributed by atoms with Gasteiger partial charge in [-0.1, -0.05) is 0 Å². The molecule has 0 unspecified atom stereocenters. The van der Waals surface area contributed by atoms with Crippen molar-refractivity contribution in [2.24, 2.45) is 5.92 Å². The van der Waals surface area contributed by atoms with Gasteiger partial charge >= 0.3 is 18.1 Å². The lowest BCUT2D eigenvalue weighted by Gasteiger charge is -2.19. The van der Waals surface area contributed by atoms with E-state index < -0.39 is 12.1 Å². The fourth-order valence-electron chi connectivity index (χ4n) is 3.43. The Kier molecular flexibility index (Phi) is 7.46. The Morgan fingerprint density at radius 2 is 1.91 bits per heavy atom. The van der Waals surface area contributed by atoms with E-state index in [0.29, 0.717) is 48.9 Å². The van der Waals surface area contributed by atoms with E-state index in [0.717, 1.165) is 24.3 Å². The van der Waals surface area contributed by atoms with Gasteiger partial charge in [0.05, 0.1) is 12.3 Å². The molecule has 2 N–H and O–H groups in total. The maximum Gasteiger partial charge on any atom is 0.490 e. The monoisotopic (exact) mass is 471 g/mol. The van der Waals surface area contributed by atoms with Crippen LogP contribution < -0.4 is 9.47 Å². The summed E-state index contributed by atoms with van der Waals surface area (Å²) in [4.78, 5) is 23.5. The first-order chi connectivity index (χ1) is 15.6. The van der Waals surface area contributed by atoms with E-state index in [1.807, 2.05) is 18.2 Å². The van der Waals surface area contributed by atoms with Gasteiger partial charge in [0.15, 0.2) is 11.5 Å². The number of carboxylic acids is 1. The molecular weight excluding hydrogens is 447 g/mol. The zero-order valence-electron chi connectivity index (χ0n) is 18.0. The molecule has 0 aliphatic carbocycles. The van der Waals surface area contributed by atoms with Gasteiger partial charge in [0.1, 0.15) is 18.9 Å². The van der Waals surface area contributed by atoms with Crippen LogP contribution in [0.25, 0.3) is 11.3 Å². The third kappa shape index (κ3) is 6.15. The number of hydrogen-bond acceptors (Lipinski definition) is 7. The van der Waals surface area contributed by atoms with Crippen LogP contribution in [-0.2, 0) is 9.53 Å². The molecule has 33 heavy (non-hydrogen) atoms. The number of fused-ring (bicyclic) bond motifs is 1. The number of halogens is 3. The second-order valence-corrected chi connectivity index (χ2v) is 7.70. The Morgan fingerprint density at radius 3 is 2.52 bits per heavy atom. The number of H-pyrrole nitrogens is 1. The molecule has 2 aromatic rings. The maximum atomic E-state index is 12.3. The SMILES string of the molecule is C[C@@H]1[C@H](COC(=O)c2cc(-c3ccc4c(c3)OCCO4)n[nH]2)CCN1C.O=C(O)C(F)(F)F. The molecule has 0 spiro atoms. The van der Waals surface area contributed by atoms with Gasteiger partial charge in [-0.15, -0.1) is 0 Å². The third-order valence-electron chi connectivity index (χ3n) is 5.54. The Bertz CT molecular complexity index is 994. The molecular formula is C21H24F3N3O6. The summed E-state index contributed by atoms with van der Waals surface area (Å²) < 4.78 is 48.3. The Balaban J connectivity index is 0.000000383. The highest BCUT2D eigenvalue weighted by atomic mass is 19.4. The zero-order valence-corrected chi connectivity index (χ0v) is 18.0. The molecule has 1 fully saturated rings. The van der Waals surface area contributed by atoms with Gasteiger partial charge in [0, 0.05) is 17.5 Å². The van der Waals surface area contributed by atoms with Crippen LogP contribution in [0.3, 0.4) is 0 Å². The maximum absolute atomic E-state index is 12.3. The molecule has 0 saturated carbocycles. The minimum Gasteiger partial charge on any atom is -0.486 e. The van der Waals surface area contributed by atoms with E-state index >= 15 is 0 Å². The summed E-state index contributed by atoms with van der Waals surface area (Å²) in [6, 6.07) is 7.76. The molecule has 2 aliphatic heterocycles. The van der Waals surface area contributed by atoms with Gasteiger partial charge < -0.3 is 24.2 Å². The van der Waals surface area contributed by atoms with E-state index in [-0.39, 0.29) is 5.97 Å².